The zero-order valence-corrected chi connectivity index (χ0v) is 14.8. The lowest BCUT2D eigenvalue weighted by molar-refractivity contribution is -0.138. The van der Waals surface area contributed by atoms with Gasteiger partial charge >= 0.3 is 5.97 Å². The minimum absolute atomic E-state index is 0.176. The lowest BCUT2D eigenvalue weighted by Crippen LogP contribution is -1.98. The van der Waals surface area contributed by atoms with Crippen LogP contribution in [0.4, 0.5) is 0 Å². The van der Waals surface area contributed by atoms with Crippen molar-refractivity contribution in [1.82, 2.24) is 0 Å². The molecule has 0 aliphatic rings. The van der Waals surface area contributed by atoms with Crippen LogP contribution in [0.1, 0.15) is 68.1 Å². The Hall–Kier alpha value is -2.09. The van der Waals surface area contributed by atoms with Gasteiger partial charge in [-0.1, -0.05) is 82.2 Å². The molecule has 1 aromatic rings. The van der Waals surface area contributed by atoms with E-state index in [1.54, 1.807) is 0 Å². The molecule has 0 unspecified atom stereocenters. The molecular formula is C22H30O2. The van der Waals surface area contributed by atoms with Crippen molar-refractivity contribution in [2.45, 2.75) is 57.8 Å². The van der Waals surface area contributed by atoms with E-state index in [9.17, 15) is 4.79 Å². The van der Waals surface area contributed by atoms with Crippen molar-refractivity contribution in [2.24, 2.45) is 0 Å². The molecule has 0 bridgehead atoms. The van der Waals surface area contributed by atoms with Crippen LogP contribution < -0.4 is 0 Å². The summed E-state index contributed by atoms with van der Waals surface area (Å²) in [5.74, 6) is -0.176. The molecule has 0 spiro atoms. The van der Waals surface area contributed by atoms with Gasteiger partial charge in [0.05, 0.1) is 6.26 Å². The summed E-state index contributed by atoms with van der Waals surface area (Å²) in [4.78, 5) is 11.1. The van der Waals surface area contributed by atoms with E-state index in [-0.39, 0.29) is 5.97 Å². The molecule has 130 valence electrons. The number of hydrogen-bond acceptors (Lipinski definition) is 2. The first kappa shape index (κ1) is 20.0. The predicted molar refractivity (Wildman–Crippen MR) is 104 cm³/mol. The van der Waals surface area contributed by atoms with Crippen LogP contribution >= 0.6 is 0 Å². The minimum atomic E-state index is -0.176. The Labute approximate surface area is 146 Å². The maximum atomic E-state index is 11.1. The second-order valence-electron chi connectivity index (χ2n) is 5.96. The van der Waals surface area contributed by atoms with Gasteiger partial charge in [-0.25, -0.2) is 0 Å². The molecule has 1 aromatic carbocycles. The number of ether oxygens (including phenoxy) is 1. The third kappa shape index (κ3) is 7.45. The summed E-state index contributed by atoms with van der Waals surface area (Å²) in [6, 6.07) is 6.36. The van der Waals surface area contributed by atoms with Crippen LogP contribution in [0.5, 0.6) is 0 Å². The summed E-state index contributed by atoms with van der Waals surface area (Å²) in [6.07, 6.45) is 14.7. The van der Waals surface area contributed by atoms with Crippen LogP contribution in [-0.4, -0.2) is 5.97 Å². The van der Waals surface area contributed by atoms with Crippen molar-refractivity contribution in [3.8, 4) is 0 Å². The van der Waals surface area contributed by atoms with Crippen molar-refractivity contribution in [2.75, 3.05) is 0 Å². The van der Waals surface area contributed by atoms with Crippen molar-refractivity contribution in [1.29, 1.82) is 0 Å². The number of benzene rings is 1. The molecule has 0 fully saturated rings. The molecule has 0 heterocycles. The molecular weight excluding hydrogens is 296 g/mol. The molecule has 0 atom stereocenters. The SMILES string of the molecule is C=COC(=O)CCCCCCCCCc1cccc(C=C)c1C=C. The first-order valence-electron chi connectivity index (χ1n) is 8.90. The number of aryl methyl sites for hydroxylation is 1. The molecule has 0 N–H and O–H groups in total. The maximum Gasteiger partial charge on any atom is 0.310 e. The fourth-order valence-electron chi connectivity index (χ4n) is 2.90. The van der Waals surface area contributed by atoms with Gasteiger partial charge in [-0.05, 0) is 36.0 Å². The minimum Gasteiger partial charge on any atom is -0.435 e. The Balaban J connectivity index is 2.13. The van der Waals surface area contributed by atoms with E-state index in [4.69, 9.17) is 4.74 Å². The van der Waals surface area contributed by atoms with Crippen molar-refractivity contribution < 1.29 is 9.53 Å². The van der Waals surface area contributed by atoms with E-state index in [1.807, 2.05) is 12.2 Å². The highest BCUT2D eigenvalue weighted by molar-refractivity contribution is 5.69. The summed E-state index contributed by atoms with van der Waals surface area (Å²) < 4.78 is 4.69. The van der Waals surface area contributed by atoms with E-state index in [2.05, 4.69) is 37.9 Å². The lowest BCUT2D eigenvalue weighted by atomic mass is 9.96. The summed E-state index contributed by atoms with van der Waals surface area (Å²) in [7, 11) is 0. The van der Waals surface area contributed by atoms with Crippen molar-refractivity contribution in [3.63, 3.8) is 0 Å². The van der Waals surface area contributed by atoms with E-state index in [0.717, 1.165) is 24.8 Å². The van der Waals surface area contributed by atoms with Gasteiger partial charge < -0.3 is 4.74 Å². The van der Waals surface area contributed by atoms with E-state index in [0.29, 0.717) is 6.42 Å². The molecule has 0 aromatic heterocycles. The Morgan fingerprint density at radius 1 is 0.917 bits per heavy atom. The third-order valence-corrected chi connectivity index (χ3v) is 4.20. The number of carbonyl (C=O) groups excluding carboxylic acids is 1. The highest BCUT2D eigenvalue weighted by Crippen LogP contribution is 2.20. The fraction of sp³-hybridized carbons (Fsp3) is 0.409. The van der Waals surface area contributed by atoms with Gasteiger partial charge in [0.15, 0.2) is 0 Å². The molecule has 0 saturated carbocycles. The molecule has 0 aliphatic carbocycles. The summed E-state index contributed by atoms with van der Waals surface area (Å²) in [6.45, 7) is 11.2. The van der Waals surface area contributed by atoms with Gasteiger partial charge in [-0.2, -0.15) is 0 Å². The lowest BCUT2D eigenvalue weighted by Gasteiger charge is -2.09. The average Bonchev–Trinajstić information content (AvgIpc) is 2.60. The van der Waals surface area contributed by atoms with E-state index >= 15 is 0 Å². The largest absolute Gasteiger partial charge is 0.435 e. The quantitative estimate of drug-likeness (QED) is 0.241. The standard InChI is InChI=1S/C22H30O2/c1-4-19-16-14-17-20(21(19)5-2)15-12-10-8-7-9-11-13-18-22(23)24-6-3/h4-6,14,16-17H,1-3,7-13,15,18H2. The van der Waals surface area contributed by atoms with Gasteiger partial charge in [0, 0.05) is 6.42 Å². The Morgan fingerprint density at radius 3 is 2.21 bits per heavy atom. The normalized spacial score (nSPS) is 10.2. The second kappa shape index (κ2) is 12.3. The number of carbonyl (C=O) groups is 1. The third-order valence-electron chi connectivity index (χ3n) is 4.20. The van der Waals surface area contributed by atoms with E-state index < -0.39 is 0 Å². The van der Waals surface area contributed by atoms with Crippen LogP contribution in [0, 0.1) is 0 Å². The van der Waals surface area contributed by atoms with Crippen LogP contribution in [0.15, 0.2) is 44.2 Å². The molecule has 0 radical (unpaired) electrons. The molecule has 0 aliphatic heterocycles. The first-order chi connectivity index (χ1) is 11.7. The summed E-state index contributed by atoms with van der Waals surface area (Å²) in [5, 5.41) is 0. The molecule has 2 heteroatoms. The molecule has 1 rings (SSSR count). The fourth-order valence-corrected chi connectivity index (χ4v) is 2.90. The average molecular weight is 326 g/mol. The van der Waals surface area contributed by atoms with Crippen LogP contribution in [0.25, 0.3) is 12.2 Å². The number of esters is 1. The topological polar surface area (TPSA) is 26.3 Å². The highest BCUT2D eigenvalue weighted by Gasteiger charge is 2.03. The number of rotatable bonds is 13. The van der Waals surface area contributed by atoms with Gasteiger partial charge in [-0.15, -0.1) is 0 Å². The van der Waals surface area contributed by atoms with Gasteiger partial charge in [-0.3, -0.25) is 4.79 Å². The van der Waals surface area contributed by atoms with E-state index in [1.165, 1.54) is 49.5 Å². The van der Waals surface area contributed by atoms with Crippen LogP contribution in [0.3, 0.4) is 0 Å². The smallest absolute Gasteiger partial charge is 0.310 e. The monoisotopic (exact) mass is 326 g/mol. The van der Waals surface area contributed by atoms with Gasteiger partial charge in [0.2, 0.25) is 0 Å². The Kier molecular flexibility index (Phi) is 10.3. The highest BCUT2D eigenvalue weighted by atomic mass is 16.5. The predicted octanol–water partition coefficient (Wildman–Crippen LogP) is 6.32. The van der Waals surface area contributed by atoms with Crippen LogP contribution in [0.2, 0.25) is 0 Å². The van der Waals surface area contributed by atoms with Gasteiger partial charge in [0.1, 0.15) is 0 Å². The Bertz CT molecular complexity index is 543. The molecule has 24 heavy (non-hydrogen) atoms. The second-order valence-corrected chi connectivity index (χ2v) is 5.96. The summed E-state index contributed by atoms with van der Waals surface area (Å²) >= 11 is 0. The molecule has 0 saturated heterocycles. The summed E-state index contributed by atoms with van der Waals surface area (Å²) in [5.41, 5.74) is 3.75. The Morgan fingerprint density at radius 2 is 1.58 bits per heavy atom. The number of unbranched alkanes of at least 4 members (excludes halogenated alkanes) is 6. The van der Waals surface area contributed by atoms with Gasteiger partial charge in [0.25, 0.3) is 0 Å². The van der Waals surface area contributed by atoms with Crippen LogP contribution in [-0.2, 0) is 16.0 Å². The van der Waals surface area contributed by atoms with Crippen molar-refractivity contribution >= 4 is 18.1 Å². The number of hydrogen-bond donors (Lipinski definition) is 0. The zero-order valence-electron chi connectivity index (χ0n) is 14.8. The van der Waals surface area contributed by atoms with Crippen molar-refractivity contribution in [3.05, 3.63) is 60.9 Å². The molecule has 2 nitrogen and oxygen atoms in total. The first-order valence-corrected chi connectivity index (χ1v) is 8.90. The molecule has 0 amide bonds. The maximum absolute atomic E-state index is 11.1. The zero-order chi connectivity index (χ0) is 17.6.